The average molecular weight is 322 g/mol. The number of rotatable bonds is 2. The van der Waals surface area contributed by atoms with E-state index in [1.54, 1.807) is 0 Å². The van der Waals surface area contributed by atoms with Crippen molar-refractivity contribution in [3.63, 3.8) is 0 Å². The summed E-state index contributed by atoms with van der Waals surface area (Å²) in [5, 5.41) is 10.2. The predicted octanol–water partition coefficient (Wildman–Crippen LogP) is 2.45. The largest absolute Gasteiger partial charge is 0.480 e. The second kappa shape index (κ2) is 4.77. The first-order valence-corrected chi connectivity index (χ1v) is 6.86. The maximum Gasteiger partial charge on any atom is 0.326 e. The van der Waals surface area contributed by atoms with Crippen LogP contribution in [0.2, 0.25) is 0 Å². The molecule has 1 aliphatic heterocycles. The molecule has 2 aromatic rings. The van der Waals surface area contributed by atoms with Crippen molar-refractivity contribution in [2.75, 3.05) is 11.4 Å². The molecule has 0 spiro atoms. The second-order valence-corrected chi connectivity index (χ2v) is 5.46. The fourth-order valence-electron chi connectivity index (χ4n) is 2.52. The van der Waals surface area contributed by atoms with Crippen LogP contribution < -0.4 is 4.90 Å². The molecular formula is C13H12BrN3O2. The molecule has 0 radical (unpaired) electrons. The summed E-state index contributed by atoms with van der Waals surface area (Å²) in [6.07, 6.45) is 3.03. The van der Waals surface area contributed by atoms with Crippen LogP contribution in [0.3, 0.4) is 0 Å². The number of aliphatic carboxylic acids is 1. The minimum atomic E-state index is -0.790. The zero-order chi connectivity index (χ0) is 13.4. The number of carbonyl (C=O) groups is 1. The molecular weight excluding hydrogens is 310 g/mol. The predicted molar refractivity (Wildman–Crippen MR) is 75.2 cm³/mol. The summed E-state index contributed by atoms with van der Waals surface area (Å²) in [4.78, 5) is 21.7. The molecule has 1 N–H and O–H groups in total. The van der Waals surface area contributed by atoms with Gasteiger partial charge in [0.15, 0.2) is 0 Å². The van der Waals surface area contributed by atoms with Crippen molar-refractivity contribution in [2.24, 2.45) is 0 Å². The first kappa shape index (κ1) is 12.3. The Kier molecular flexibility index (Phi) is 3.10. The lowest BCUT2D eigenvalue weighted by atomic mass is 10.2. The maximum atomic E-state index is 11.3. The molecule has 98 valence electrons. The summed E-state index contributed by atoms with van der Waals surface area (Å²) in [5.41, 5.74) is 0.815. The van der Waals surface area contributed by atoms with E-state index in [9.17, 15) is 9.90 Å². The van der Waals surface area contributed by atoms with E-state index >= 15 is 0 Å². The van der Waals surface area contributed by atoms with Gasteiger partial charge in [0.1, 0.15) is 18.2 Å². The number of aromatic nitrogens is 2. The third-order valence-corrected chi connectivity index (χ3v) is 3.88. The van der Waals surface area contributed by atoms with Gasteiger partial charge >= 0.3 is 5.97 Å². The fourth-order valence-corrected chi connectivity index (χ4v) is 2.87. The number of hydrogen-bond acceptors (Lipinski definition) is 4. The highest BCUT2D eigenvalue weighted by Gasteiger charge is 2.32. The highest BCUT2D eigenvalue weighted by atomic mass is 79.9. The van der Waals surface area contributed by atoms with Crippen LogP contribution in [-0.2, 0) is 4.79 Å². The summed E-state index contributed by atoms with van der Waals surface area (Å²) >= 11 is 3.41. The van der Waals surface area contributed by atoms with Crippen molar-refractivity contribution in [3.05, 3.63) is 29.0 Å². The second-order valence-electron chi connectivity index (χ2n) is 4.55. The van der Waals surface area contributed by atoms with Crippen molar-refractivity contribution in [1.82, 2.24) is 9.97 Å². The number of nitrogens with zero attached hydrogens (tertiary/aromatic N) is 3. The maximum absolute atomic E-state index is 11.3. The average Bonchev–Trinajstić information content (AvgIpc) is 2.86. The van der Waals surface area contributed by atoms with Crippen molar-refractivity contribution >= 4 is 38.6 Å². The van der Waals surface area contributed by atoms with E-state index < -0.39 is 12.0 Å². The number of carboxylic acids is 1. The number of benzene rings is 1. The van der Waals surface area contributed by atoms with Crippen molar-refractivity contribution in [2.45, 2.75) is 18.9 Å². The van der Waals surface area contributed by atoms with E-state index in [-0.39, 0.29) is 0 Å². The van der Waals surface area contributed by atoms with E-state index in [1.165, 1.54) is 6.33 Å². The summed E-state index contributed by atoms with van der Waals surface area (Å²) in [6, 6.07) is 5.26. The Labute approximate surface area is 118 Å². The zero-order valence-corrected chi connectivity index (χ0v) is 11.7. The van der Waals surface area contributed by atoms with Crippen LogP contribution in [0.5, 0.6) is 0 Å². The quantitative estimate of drug-likeness (QED) is 0.920. The molecule has 6 heteroatoms. The standard InChI is InChI=1S/C13H12BrN3O2/c14-8-3-4-9-10(6-8)15-7-16-12(9)17-5-1-2-11(17)13(18)19/h3-4,6-7,11H,1-2,5H2,(H,18,19)/t11-/m1/s1. The molecule has 19 heavy (non-hydrogen) atoms. The molecule has 0 unspecified atom stereocenters. The molecule has 1 aromatic carbocycles. The van der Waals surface area contributed by atoms with Crippen molar-refractivity contribution in [1.29, 1.82) is 0 Å². The van der Waals surface area contributed by atoms with Gasteiger partial charge in [-0.3, -0.25) is 0 Å². The highest BCUT2D eigenvalue weighted by Crippen LogP contribution is 2.30. The van der Waals surface area contributed by atoms with Gasteiger partial charge in [-0.1, -0.05) is 15.9 Å². The van der Waals surface area contributed by atoms with Gasteiger partial charge in [0, 0.05) is 16.4 Å². The fraction of sp³-hybridized carbons (Fsp3) is 0.308. The summed E-state index contributed by atoms with van der Waals surface area (Å²) in [7, 11) is 0. The van der Waals surface area contributed by atoms with Gasteiger partial charge in [-0.15, -0.1) is 0 Å². The van der Waals surface area contributed by atoms with E-state index in [1.807, 2.05) is 23.1 Å². The molecule has 1 saturated heterocycles. The Morgan fingerprint density at radius 2 is 2.26 bits per heavy atom. The van der Waals surface area contributed by atoms with Crippen LogP contribution in [-0.4, -0.2) is 33.6 Å². The van der Waals surface area contributed by atoms with Crippen molar-refractivity contribution < 1.29 is 9.90 Å². The van der Waals surface area contributed by atoms with Gasteiger partial charge in [0.25, 0.3) is 0 Å². The molecule has 1 fully saturated rings. The van der Waals surface area contributed by atoms with Crippen LogP contribution in [0.15, 0.2) is 29.0 Å². The van der Waals surface area contributed by atoms with Gasteiger partial charge in [0.05, 0.1) is 5.52 Å². The van der Waals surface area contributed by atoms with Crippen LogP contribution in [0.4, 0.5) is 5.82 Å². The molecule has 0 aliphatic carbocycles. The lowest BCUT2D eigenvalue weighted by Crippen LogP contribution is -2.36. The normalized spacial score (nSPS) is 19.0. The SMILES string of the molecule is O=C(O)[C@H]1CCCN1c1ncnc2cc(Br)ccc12. The first-order valence-electron chi connectivity index (χ1n) is 6.06. The summed E-state index contributed by atoms with van der Waals surface area (Å²) in [6.45, 7) is 0.721. The van der Waals surface area contributed by atoms with Gasteiger partial charge in [0.2, 0.25) is 0 Å². The summed E-state index contributed by atoms with van der Waals surface area (Å²) in [5.74, 6) is -0.0798. The lowest BCUT2D eigenvalue weighted by molar-refractivity contribution is -0.138. The lowest BCUT2D eigenvalue weighted by Gasteiger charge is -2.23. The van der Waals surface area contributed by atoms with Crippen LogP contribution >= 0.6 is 15.9 Å². The van der Waals surface area contributed by atoms with Gasteiger partial charge < -0.3 is 10.0 Å². The Morgan fingerprint density at radius 3 is 3.05 bits per heavy atom. The van der Waals surface area contributed by atoms with Crippen molar-refractivity contribution in [3.8, 4) is 0 Å². The Morgan fingerprint density at radius 1 is 1.42 bits per heavy atom. The van der Waals surface area contributed by atoms with Gasteiger partial charge in [-0.05, 0) is 31.0 Å². The molecule has 0 bridgehead atoms. The molecule has 1 aromatic heterocycles. The molecule has 1 atom stereocenters. The first-order chi connectivity index (χ1) is 9.16. The zero-order valence-electron chi connectivity index (χ0n) is 10.1. The molecule has 1 aliphatic rings. The molecule has 5 nitrogen and oxygen atoms in total. The Balaban J connectivity index is 2.12. The molecule has 2 heterocycles. The minimum absolute atomic E-state index is 0.484. The van der Waals surface area contributed by atoms with Crippen LogP contribution in [0.1, 0.15) is 12.8 Å². The van der Waals surface area contributed by atoms with Gasteiger partial charge in [-0.2, -0.15) is 0 Å². The molecule has 3 rings (SSSR count). The van der Waals surface area contributed by atoms with E-state index in [2.05, 4.69) is 25.9 Å². The Bertz CT molecular complexity index is 647. The van der Waals surface area contributed by atoms with Gasteiger partial charge in [-0.25, -0.2) is 14.8 Å². The minimum Gasteiger partial charge on any atom is -0.480 e. The summed E-state index contributed by atoms with van der Waals surface area (Å²) < 4.78 is 0.945. The third kappa shape index (κ3) is 2.16. The number of anilines is 1. The number of fused-ring (bicyclic) bond motifs is 1. The molecule has 0 amide bonds. The topological polar surface area (TPSA) is 66.3 Å². The molecule has 0 saturated carbocycles. The third-order valence-electron chi connectivity index (χ3n) is 3.39. The van der Waals surface area contributed by atoms with Crippen LogP contribution in [0, 0.1) is 0 Å². The van der Waals surface area contributed by atoms with Crippen LogP contribution in [0.25, 0.3) is 10.9 Å². The Hall–Kier alpha value is -1.69. The highest BCUT2D eigenvalue weighted by molar-refractivity contribution is 9.10. The van der Waals surface area contributed by atoms with E-state index in [0.29, 0.717) is 12.2 Å². The van der Waals surface area contributed by atoms with E-state index in [4.69, 9.17) is 0 Å². The van der Waals surface area contributed by atoms with E-state index in [0.717, 1.165) is 28.3 Å². The number of carboxylic acid groups (broad SMARTS) is 1. The monoisotopic (exact) mass is 321 g/mol. The number of halogens is 1. The smallest absolute Gasteiger partial charge is 0.326 e. The number of hydrogen-bond donors (Lipinski definition) is 1.